The summed E-state index contributed by atoms with van der Waals surface area (Å²) in [5.41, 5.74) is 6.60. The molecule has 0 bridgehead atoms. The lowest BCUT2D eigenvalue weighted by Gasteiger charge is -2.36. The minimum Gasteiger partial charge on any atom is -0.486 e. The van der Waals surface area contributed by atoms with Crippen molar-refractivity contribution in [1.29, 1.82) is 0 Å². The van der Waals surface area contributed by atoms with Crippen molar-refractivity contribution < 1.29 is 4.74 Å². The first-order valence-electron chi connectivity index (χ1n) is 4.83. The Kier molecular flexibility index (Phi) is 2.61. The molecule has 0 saturated carbocycles. The summed E-state index contributed by atoms with van der Waals surface area (Å²) in [6.07, 6.45) is 0.736. The van der Waals surface area contributed by atoms with Gasteiger partial charge in [0.15, 0.2) is 0 Å². The van der Waals surface area contributed by atoms with Gasteiger partial charge in [0.2, 0.25) is 0 Å². The van der Waals surface area contributed by atoms with Crippen molar-refractivity contribution >= 4 is 23.2 Å². The average Bonchev–Trinajstić information content (AvgIpc) is 2.09. The fraction of sp³-hybridized carbons (Fsp3) is 0.455. The molecule has 1 aliphatic rings. The quantitative estimate of drug-likeness (QED) is 0.759. The summed E-state index contributed by atoms with van der Waals surface area (Å²) in [6, 6.07) is 3.37. The number of nitrogens with two attached hydrogens (primary N) is 1. The maximum Gasteiger partial charge on any atom is 0.144 e. The summed E-state index contributed by atoms with van der Waals surface area (Å²) in [6.45, 7) is 3.99. The van der Waals surface area contributed by atoms with Gasteiger partial charge in [-0.3, -0.25) is 0 Å². The minimum atomic E-state index is -0.291. The summed E-state index contributed by atoms with van der Waals surface area (Å²) >= 11 is 12.2. The van der Waals surface area contributed by atoms with Crippen molar-refractivity contribution in [3.8, 4) is 5.75 Å². The Balaban J connectivity index is 2.59. The zero-order valence-electron chi connectivity index (χ0n) is 8.68. The molecule has 0 aromatic heterocycles. The number of hydrogen-bond donors (Lipinski definition) is 1. The molecule has 2 N–H and O–H groups in total. The van der Waals surface area contributed by atoms with Gasteiger partial charge in [0.05, 0.1) is 5.02 Å². The largest absolute Gasteiger partial charge is 0.486 e. The number of hydrogen-bond acceptors (Lipinski definition) is 2. The zero-order chi connectivity index (χ0) is 11.2. The van der Waals surface area contributed by atoms with Gasteiger partial charge >= 0.3 is 0 Å². The van der Waals surface area contributed by atoms with Crippen LogP contribution in [0.25, 0.3) is 0 Å². The van der Waals surface area contributed by atoms with E-state index in [1.54, 1.807) is 12.1 Å². The molecule has 0 amide bonds. The Morgan fingerprint density at radius 3 is 2.60 bits per heavy atom. The molecule has 1 heterocycles. The van der Waals surface area contributed by atoms with Gasteiger partial charge in [0.25, 0.3) is 0 Å². The average molecular weight is 246 g/mol. The molecule has 1 aliphatic heterocycles. The van der Waals surface area contributed by atoms with Crippen molar-refractivity contribution in [2.24, 2.45) is 5.73 Å². The molecule has 2 rings (SSSR count). The predicted octanol–water partition coefficient (Wildman–Crippen LogP) is 3.55. The van der Waals surface area contributed by atoms with Crippen LogP contribution in [-0.2, 0) is 0 Å². The monoisotopic (exact) mass is 245 g/mol. The van der Waals surface area contributed by atoms with Gasteiger partial charge in [-0.05, 0) is 26.0 Å². The molecule has 4 heteroatoms. The molecular weight excluding hydrogens is 233 g/mol. The maximum absolute atomic E-state index is 6.08. The smallest absolute Gasteiger partial charge is 0.144 e. The van der Waals surface area contributed by atoms with Crippen LogP contribution in [0.1, 0.15) is 31.9 Å². The SMILES string of the molecule is CC1(C)CC(N)c2c(Cl)ccc(Cl)c2O1. The standard InChI is InChI=1S/C11H13Cl2NO/c1-11(2)5-8(14)9-6(12)3-4-7(13)10(9)15-11/h3-4,8H,5,14H2,1-2H3. The summed E-state index contributed by atoms with van der Waals surface area (Å²) in [5, 5.41) is 1.19. The number of rotatable bonds is 0. The van der Waals surface area contributed by atoms with E-state index < -0.39 is 0 Å². The molecule has 0 fully saturated rings. The molecule has 1 aromatic carbocycles. The lowest BCUT2D eigenvalue weighted by Crippen LogP contribution is -2.37. The first kappa shape index (κ1) is 11.1. The maximum atomic E-state index is 6.08. The van der Waals surface area contributed by atoms with E-state index in [1.807, 2.05) is 13.8 Å². The second-order valence-electron chi connectivity index (χ2n) is 4.44. The van der Waals surface area contributed by atoms with Crippen molar-refractivity contribution in [3.05, 3.63) is 27.7 Å². The molecule has 1 unspecified atom stereocenters. The van der Waals surface area contributed by atoms with E-state index in [2.05, 4.69) is 0 Å². The highest BCUT2D eigenvalue weighted by atomic mass is 35.5. The fourth-order valence-electron chi connectivity index (χ4n) is 1.95. The molecule has 2 nitrogen and oxygen atoms in total. The van der Waals surface area contributed by atoms with E-state index in [0.717, 1.165) is 12.0 Å². The highest BCUT2D eigenvalue weighted by Crippen LogP contribution is 2.45. The number of benzene rings is 1. The lowest BCUT2D eigenvalue weighted by molar-refractivity contribution is 0.0730. The molecule has 0 aliphatic carbocycles. The molecule has 0 radical (unpaired) electrons. The molecule has 1 atom stereocenters. The van der Waals surface area contributed by atoms with Crippen LogP contribution < -0.4 is 10.5 Å². The van der Waals surface area contributed by atoms with Crippen LogP contribution in [0.5, 0.6) is 5.75 Å². The third-order valence-corrected chi connectivity index (χ3v) is 3.18. The van der Waals surface area contributed by atoms with Crippen LogP contribution >= 0.6 is 23.2 Å². The molecule has 82 valence electrons. The van der Waals surface area contributed by atoms with Crippen LogP contribution in [0, 0.1) is 0 Å². The second kappa shape index (κ2) is 3.55. The predicted molar refractivity (Wildman–Crippen MR) is 62.7 cm³/mol. The highest BCUT2D eigenvalue weighted by Gasteiger charge is 2.34. The van der Waals surface area contributed by atoms with Crippen LogP contribution in [0.4, 0.5) is 0 Å². The lowest BCUT2D eigenvalue weighted by atomic mass is 9.90. The van der Waals surface area contributed by atoms with Crippen molar-refractivity contribution in [3.63, 3.8) is 0 Å². The topological polar surface area (TPSA) is 35.2 Å². The van der Waals surface area contributed by atoms with Crippen molar-refractivity contribution in [2.45, 2.75) is 31.9 Å². The van der Waals surface area contributed by atoms with E-state index in [0.29, 0.717) is 15.8 Å². The Morgan fingerprint density at radius 2 is 1.93 bits per heavy atom. The van der Waals surface area contributed by atoms with Gasteiger partial charge in [-0.15, -0.1) is 0 Å². The van der Waals surface area contributed by atoms with Crippen LogP contribution in [-0.4, -0.2) is 5.60 Å². The number of fused-ring (bicyclic) bond motifs is 1. The zero-order valence-corrected chi connectivity index (χ0v) is 10.2. The summed E-state index contributed by atoms with van der Waals surface area (Å²) < 4.78 is 5.80. The summed E-state index contributed by atoms with van der Waals surface area (Å²) in [7, 11) is 0. The molecular formula is C11H13Cl2NO. The van der Waals surface area contributed by atoms with Crippen molar-refractivity contribution in [2.75, 3.05) is 0 Å². The minimum absolute atomic E-state index is 0.116. The van der Waals surface area contributed by atoms with Gasteiger partial charge < -0.3 is 10.5 Å². The Hall–Kier alpha value is -0.440. The van der Waals surface area contributed by atoms with Gasteiger partial charge in [0, 0.05) is 23.0 Å². The van der Waals surface area contributed by atoms with E-state index in [-0.39, 0.29) is 11.6 Å². The van der Waals surface area contributed by atoms with E-state index in [4.69, 9.17) is 33.7 Å². The first-order valence-corrected chi connectivity index (χ1v) is 5.59. The van der Waals surface area contributed by atoms with E-state index in [1.165, 1.54) is 0 Å². The second-order valence-corrected chi connectivity index (χ2v) is 5.26. The van der Waals surface area contributed by atoms with Crippen molar-refractivity contribution in [1.82, 2.24) is 0 Å². The molecule has 1 aromatic rings. The van der Waals surface area contributed by atoms with Gasteiger partial charge in [-0.25, -0.2) is 0 Å². The third kappa shape index (κ3) is 1.94. The Labute approximate surface area is 99.3 Å². The Bertz CT molecular complexity index is 404. The van der Waals surface area contributed by atoms with Crippen LogP contribution in [0.3, 0.4) is 0 Å². The summed E-state index contributed by atoms with van der Waals surface area (Å²) in [4.78, 5) is 0. The van der Waals surface area contributed by atoms with Gasteiger partial charge in [0.1, 0.15) is 11.4 Å². The molecule has 0 saturated heterocycles. The summed E-state index contributed by atoms with van der Waals surface area (Å²) in [5.74, 6) is 0.632. The van der Waals surface area contributed by atoms with Crippen LogP contribution in [0.2, 0.25) is 10.0 Å². The van der Waals surface area contributed by atoms with E-state index in [9.17, 15) is 0 Å². The highest BCUT2D eigenvalue weighted by molar-refractivity contribution is 6.35. The number of halogens is 2. The van der Waals surface area contributed by atoms with Gasteiger partial charge in [-0.1, -0.05) is 23.2 Å². The fourth-order valence-corrected chi connectivity index (χ4v) is 2.44. The number of ether oxygens (including phenoxy) is 1. The third-order valence-electron chi connectivity index (χ3n) is 2.56. The van der Waals surface area contributed by atoms with Gasteiger partial charge in [-0.2, -0.15) is 0 Å². The molecule has 0 spiro atoms. The van der Waals surface area contributed by atoms with E-state index >= 15 is 0 Å². The first-order chi connectivity index (χ1) is 6.91. The molecule has 15 heavy (non-hydrogen) atoms. The Morgan fingerprint density at radius 1 is 1.33 bits per heavy atom. The van der Waals surface area contributed by atoms with Crippen LogP contribution in [0.15, 0.2) is 12.1 Å². The normalized spacial score (nSPS) is 23.1.